The van der Waals surface area contributed by atoms with Gasteiger partial charge in [-0.2, -0.15) is 0 Å². The van der Waals surface area contributed by atoms with E-state index in [1.807, 2.05) is 0 Å². The molecule has 0 saturated carbocycles. The molecule has 0 amide bonds. The highest BCUT2D eigenvalue weighted by atomic mass is 35.5. The zero-order valence-electron chi connectivity index (χ0n) is 12.3. The fourth-order valence-electron chi connectivity index (χ4n) is 2.11. The first-order chi connectivity index (χ1) is 10.5. The Balaban J connectivity index is 2.48. The van der Waals surface area contributed by atoms with Crippen molar-refractivity contribution in [1.29, 1.82) is 0 Å². The zero-order chi connectivity index (χ0) is 16.3. The molecule has 22 heavy (non-hydrogen) atoms. The van der Waals surface area contributed by atoms with Gasteiger partial charge in [-0.1, -0.05) is 6.92 Å². The van der Waals surface area contributed by atoms with Gasteiger partial charge in [-0.25, -0.2) is 9.18 Å². The summed E-state index contributed by atoms with van der Waals surface area (Å²) in [6.45, 7) is 3.42. The number of Topliss-reactive ketones (excluding diaryl/α,β-unsaturated/α-hetero) is 1. The summed E-state index contributed by atoms with van der Waals surface area (Å²) in [6, 6.07) is 5.38. The van der Waals surface area contributed by atoms with Crippen LogP contribution in [-0.4, -0.2) is 30.3 Å². The van der Waals surface area contributed by atoms with Gasteiger partial charge >= 0.3 is 5.97 Å². The van der Waals surface area contributed by atoms with Crippen molar-refractivity contribution in [3.8, 4) is 0 Å². The van der Waals surface area contributed by atoms with Crippen LogP contribution in [0.25, 0.3) is 5.76 Å². The molecular weight excluding hydrogens is 311 g/mol. The monoisotopic (exact) mass is 326 g/mol. The number of rotatable bonds is 4. The van der Waals surface area contributed by atoms with E-state index in [1.165, 1.54) is 24.3 Å². The van der Waals surface area contributed by atoms with Gasteiger partial charge < -0.3 is 9.47 Å². The van der Waals surface area contributed by atoms with Crippen LogP contribution in [0.4, 0.5) is 4.39 Å². The molecule has 2 unspecified atom stereocenters. The number of hydrogen-bond acceptors (Lipinski definition) is 4. The topological polar surface area (TPSA) is 52.6 Å². The van der Waals surface area contributed by atoms with Crippen LogP contribution >= 0.6 is 11.6 Å². The van der Waals surface area contributed by atoms with Crippen molar-refractivity contribution < 1.29 is 23.5 Å². The molecular formula is C16H16ClFO4. The van der Waals surface area contributed by atoms with Crippen LogP contribution in [-0.2, 0) is 19.1 Å². The average molecular weight is 327 g/mol. The van der Waals surface area contributed by atoms with Gasteiger partial charge in [-0.3, -0.25) is 4.79 Å². The van der Waals surface area contributed by atoms with Crippen LogP contribution in [0, 0.1) is 11.7 Å². The quantitative estimate of drug-likeness (QED) is 0.485. The number of halogens is 2. The molecule has 1 aliphatic rings. The third-order valence-corrected chi connectivity index (χ3v) is 3.67. The van der Waals surface area contributed by atoms with Crippen LogP contribution < -0.4 is 0 Å². The molecule has 0 saturated heterocycles. The van der Waals surface area contributed by atoms with Gasteiger partial charge in [0.05, 0.1) is 11.8 Å². The maximum Gasteiger partial charge on any atom is 0.345 e. The molecule has 0 aromatic heterocycles. The molecule has 118 valence electrons. The van der Waals surface area contributed by atoms with Crippen LogP contribution in [0.3, 0.4) is 0 Å². The van der Waals surface area contributed by atoms with E-state index in [-0.39, 0.29) is 29.6 Å². The van der Waals surface area contributed by atoms with Crippen molar-refractivity contribution in [3.05, 3.63) is 41.2 Å². The van der Waals surface area contributed by atoms with Gasteiger partial charge in [-0.05, 0) is 31.2 Å². The molecule has 2 atom stereocenters. The molecule has 0 N–H and O–H groups in total. The standard InChI is InChI=1S/C16H16ClFO4/c1-9-10(2)22-15(11-3-5-12(18)6-4-11)13(14(9)19)16(20)21-8-7-17/h3-6,9-10H,7-8H2,1-2H3. The van der Waals surface area contributed by atoms with Crippen LogP contribution in [0.2, 0.25) is 0 Å². The predicted molar refractivity (Wildman–Crippen MR) is 79.7 cm³/mol. The summed E-state index contributed by atoms with van der Waals surface area (Å²) in [4.78, 5) is 24.6. The number of alkyl halides is 1. The van der Waals surface area contributed by atoms with Crippen molar-refractivity contribution >= 4 is 29.1 Å². The van der Waals surface area contributed by atoms with Crippen LogP contribution in [0.1, 0.15) is 19.4 Å². The van der Waals surface area contributed by atoms with Gasteiger partial charge in [0.15, 0.2) is 5.78 Å². The Morgan fingerprint density at radius 3 is 2.55 bits per heavy atom. The highest BCUT2D eigenvalue weighted by molar-refractivity contribution is 6.23. The molecule has 0 aliphatic carbocycles. The number of esters is 1. The second-order valence-electron chi connectivity index (χ2n) is 5.01. The largest absolute Gasteiger partial charge is 0.488 e. The van der Waals surface area contributed by atoms with E-state index in [9.17, 15) is 14.0 Å². The number of carbonyl (C=O) groups excluding carboxylic acids is 2. The summed E-state index contributed by atoms with van der Waals surface area (Å²) >= 11 is 5.49. The lowest BCUT2D eigenvalue weighted by Crippen LogP contribution is -2.35. The molecule has 1 aromatic carbocycles. The van der Waals surface area contributed by atoms with Gasteiger partial charge in [0.1, 0.15) is 29.9 Å². The first-order valence-electron chi connectivity index (χ1n) is 6.90. The van der Waals surface area contributed by atoms with Gasteiger partial charge in [-0.15, -0.1) is 11.6 Å². The Hall–Kier alpha value is -1.88. The van der Waals surface area contributed by atoms with E-state index in [0.29, 0.717) is 5.56 Å². The summed E-state index contributed by atoms with van der Waals surface area (Å²) in [6.07, 6.45) is -0.392. The highest BCUT2D eigenvalue weighted by Crippen LogP contribution is 2.32. The number of ketones is 1. The van der Waals surface area contributed by atoms with Gasteiger partial charge in [0.2, 0.25) is 0 Å². The highest BCUT2D eigenvalue weighted by Gasteiger charge is 2.38. The van der Waals surface area contributed by atoms with Crippen LogP contribution in [0.5, 0.6) is 0 Å². The first-order valence-corrected chi connectivity index (χ1v) is 7.43. The molecule has 0 radical (unpaired) electrons. The summed E-state index contributed by atoms with van der Waals surface area (Å²) in [7, 11) is 0. The molecule has 0 fully saturated rings. The fourth-order valence-corrected chi connectivity index (χ4v) is 2.19. The van der Waals surface area contributed by atoms with Gasteiger partial charge in [0.25, 0.3) is 0 Å². The minimum Gasteiger partial charge on any atom is -0.488 e. The molecule has 6 heteroatoms. The van der Waals surface area contributed by atoms with E-state index < -0.39 is 23.8 Å². The molecule has 0 bridgehead atoms. The predicted octanol–water partition coefficient (Wildman–Crippen LogP) is 2.94. The third-order valence-electron chi connectivity index (χ3n) is 3.52. The Bertz CT molecular complexity index is 609. The van der Waals surface area contributed by atoms with Crippen LogP contribution in [0.15, 0.2) is 29.8 Å². The molecule has 0 spiro atoms. The maximum atomic E-state index is 13.1. The van der Waals surface area contributed by atoms with Gasteiger partial charge in [0, 0.05) is 5.56 Å². The zero-order valence-corrected chi connectivity index (χ0v) is 13.0. The summed E-state index contributed by atoms with van der Waals surface area (Å²) < 4.78 is 23.7. The molecule has 1 aromatic rings. The third kappa shape index (κ3) is 3.30. The Labute approximate surface area is 132 Å². The first kappa shape index (κ1) is 16.5. The fraction of sp³-hybridized carbons (Fsp3) is 0.375. The smallest absolute Gasteiger partial charge is 0.345 e. The van der Waals surface area contributed by atoms with E-state index in [4.69, 9.17) is 21.1 Å². The number of benzene rings is 1. The van der Waals surface area contributed by atoms with Crippen molar-refractivity contribution in [2.24, 2.45) is 5.92 Å². The number of hydrogen-bond donors (Lipinski definition) is 0. The minimum absolute atomic E-state index is 0.00218. The lowest BCUT2D eigenvalue weighted by molar-refractivity contribution is -0.141. The second-order valence-corrected chi connectivity index (χ2v) is 5.39. The lowest BCUT2D eigenvalue weighted by atomic mass is 9.89. The van der Waals surface area contributed by atoms with Crippen molar-refractivity contribution in [2.45, 2.75) is 20.0 Å². The van der Waals surface area contributed by atoms with E-state index in [0.717, 1.165) is 0 Å². The van der Waals surface area contributed by atoms with Crippen molar-refractivity contribution in [2.75, 3.05) is 12.5 Å². The van der Waals surface area contributed by atoms with Crippen molar-refractivity contribution in [1.82, 2.24) is 0 Å². The van der Waals surface area contributed by atoms with E-state index in [1.54, 1.807) is 13.8 Å². The summed E-state index contributed by atoms with van der Waals surface area (Å²) in [5.74, 6) is -1.76. The Morgan fingerprint density at radius 1 is 1.32 bits per heavy atom. The van der Waals surface area contributed by atoms with E-state index in [2.05, 4.69) is 0 Å². The molecule has 2 rings (SSSR count). The van der Waals surface area contributed by atoms with E-state index >= 15 is 0 Å². The Kier molecular flexibility index (Phi) is 5.19. The SMILES string of the molecule is CC1OC(c2ccc(F)cc2)=C(C(=O)OCCCl)C(=O)C1C. The van der Waals surface area contributed by atoms with Crippen molar-refractivity contribution in [3.63, 3.8) is 0 Å². The maximum absolute atomic E-state index is 13.1. The summed E-state index contributed by atoms with van der Waals surface area (Å²) in [5, 5.41) is 0. The normalized spacial score (nSPS) is 21.5. The molecule has 1 aliphatic heterocycles. The second kappa shape index (κ2) is 6.92. The lowest BCUT2D eigenvalue weighted by Gasteiger charge is -2.29. The number of ether oxygens (including phenoxy) is 2. The molecule has 4 nitrogen and oxygen atoms in total. The Morgan fingerprint density at radius 2 is 1.95 bits per heavy atom. The minimum atomic E-state index is -0.774. The number of carbonyl (C=O) groups is 2. The molecule has 1 heterocycles. The summed E-state index contributed by atoms with van der Waals surface area (Å²) in [5.41, 5.74) is 0.300. The average Bonchev–Trinajstić information content (AvgIpc) is 2.50.